The molecule has 22 heavy (non-hydrogen) atoms. The van der Waals surface area contributed by atoms with E-state index >= 15 is 0 Å². The predicted octanol–water partition coefficient (Wildman–Crippen LogP) is 3.11. The van der Waals surface area contributed by atoms with Crippen molar-refractivity contribution in [3.63, 3.8) is 0 Å². The Balaban J connectivity index is 1.98. The van der Waals surface area contributed by atoms with Gasteiger partial charge in [-0.1, -0.05) is 6.07 Å². The highest BCUT2D eigenvalue weighted by atomic mass is 19.4. The van der Waals surface area contributed by atoms with Gasteiger partial charge >= 0.3 is 6.18 Å². The molecule has 0 atom stereocenters. The summed E-state index contributed by atoms with van der Waals surface area (Å²) in [6.45, 7) is 0.189. The van der Waals surface area contributed by atoms with Crippen molar-refractivity contribution in [1.29, 1.82) is 5.26 Å². The van der Waals surface area contributed by atoms with Crippen LogP contribution in [0.25, 0.3) is 0 Å². The van der Waals surface area contributed by atoms with E-state index in [1.807, 2.05) is 6.07 Å². The van der Waals surface area contributed by atoms with Gasteiger partial charge in [-0.3, -0.25) is 4.79 Å². The molecule has 0 bridgehead atoms. The lowest BCUT2D eigenvalue weighted by molar-refractivity contribution is -0.138. The highest BCUT2D eigenvalue weighted by Gasteiger charge is 2.37. The summed E-state index contributed by atoms with van der Waals surface area (Å²) in [4.78, 5) is 16.4. The molecule has 2 aromatic rings. The summed E-state index contributed by atoms with van der Waals surface area (Å²) in [7, 11) is 0. The van der Waals surface area contributed by atoms with Gasteiger partial charge in [-0.2, -0.15) is 18.4 Å². The third kappa shape index (κ3) is 2.22. The van der Waals surface area contributed by atoms with E-state index in [2.05, 4.69) is 4.98 Å². The molecule has 0 saturated carbocycles. The van der Waals surface area contributed by atoms with Crippen molar-refractivity contribution in [2.24, 2.45) is 0 Å². The lowest BCUT2D eigenvalue weighted by Crippen LogP contribution is -2.28. The number of hydrogen-bond acceptors (Lipinski definition) is 2. The van der Waals surface area contributed by atoms with E-state index in [0.717, 1.165) is 6.07 Å². The van der Waals surface area contributed by atoms with Crippen LogP contribution in [0.1, 0.15) is 27.2 Å². The molecule has 112 valence electrons. The summed E-state index contributed by atoms with van der Waals surface area (Å²) in [6.07, 6.45) is -2.90. The van der Waals surface area contributed by atoms with Gasteiger partial charge in [0, 0.05) is 18.4 Å². The molecule has 1 aliphatic rings. The Morgan fingerprint density at radius 1 is 1.36 bits per heavy atom. The quantitative estimate of drug-likeness (QED) is 0.880. The number of hydrogen-bond donors (Lipinski definition) is 1. The summed E-state index contributed by atoms with van der Waals surface area (Å²) in [5, 5.41) is 8.75. The van der Waals surface area contributed by atoms with Crippen molar-refractivity contribution in [2.75, 3.05) is 11.4 Å². The molecule has 1 aliphatic heterocycles. The van der Waals surface area contributed by atoms with Gasteiger partial charge in [0.15, 0.2) is 0 Å². The second-order valence-corrected chi connectivity index (χ2v) is 4.92. The number of aromatic nitrogens is 1. The van der Waals surface area contributed by atoms with E-state index in [0.29, 0.717) is 0 Å². The Morgan fingerprint density at radius 3 is 2.77 bits per heavy atom. The summed E-state index contributed by atoms with van der Waals surface area (Å²) < 4.78 is 39.0. The van der Waals surface area contributed by atoms with E-state index in [1.165, 1.54) is 29.3 Å². The van der Waals surface area contributed by atoms with Crippen LogP contribution in [0.3, 0.4) is 0 Å². The predicted molar refractivity (Wildman–Crippen MR) is 72.3 cm³/mol. The van der Waals surface area contributed by atoms with Crippen molar-refractivity contribution in [1.82, 2.24) is 4.98 Å². The fraction of sp³-hybridized carbons (Fsp3) is 0.200. The molecule has 1 amide bonds. The molecule has 1 aromatic carbocycles. The van der Waals surface area contributed by atoms with E-state index in [4.69, 9.17) is 5.26 Å². The number of rotatable bonds is 1. The van der Waals surface area contributed by atoms with Crippen LogP contribution >= 0.6 is 0 Å². The first kappa shape index (κ1) is 14.2. The normalized spacial score (nSPS) is 13.8. The molecule has 0 radical (unpaired) electrons. The van der Waals surface area contributed by atoms with Gasteiger partial charge in [0.05, 0.1) is 11.1 Å². The Morgan fingerprint density at radius 2 is 2.14 bits per heavy atom. The molecule has 7 heteroatoms. The molecule has 0 saturated heterocycles. The third-order valence-electron chi connectivity index (χ3n) is 3.63. The van der Waals surface area contributed by atoms with Gasteiger partial charge in [-0.15, -0.1) is 0 Å². The van der Waals surface area contributed by atoms with Gasteiger partial charge in [0.25, 0.3) is 5.91 Å². The maximum Gasteiger partial charge on any atom is 0.416 e. The highest BCUT2D eigenvalue weighted by Crippen LogP contribution is 2.39. The van der Waals surface area contributed by atoms with Crippen molar-refractivity contribution < 1.29 is 18.0 Å². The molecule has 1 N–H and O–H groups in total. The van der Waals surface area contributed by atoms with E-state index in [-0.39, 0.29) is 35.5 Å². The number of nitrogens with zero attached hydrogens (tertiary/aromatic N) is 2. The van der Waals surface area contributed by atoms with Crippen molar-refractivity contribution >= 4 is 11.6 Å². The lowest BCUT2D eigenvalue weighted by atomic mass is 10.0. The number of halogens is 3. The first-order valence-electron chi connectivity index (χ1n) is 6.51. The second kappa shape index (κ2) is 4.91. The van der Waals surface area contributed by atoms with Gasteiger partial charge < -0.3 is 9.88 Å². The number of amides is 1. The Hall–Kier alpha value is -2.75. The minimum absolute atomic E-state index is 0.138. The SMILES string of the molecule is N#Cc1cc(C(=O)N2CCc3c2cccc3C(F)(F)F)c[nH]1. The number of fused-ring (bicyclic) bond motifs is 1. The van der Waals surface area contributed by atoms with Crippen molar-refractivity contribution in [2.45, 2.75) is 12.6 Å². The number of aromatic amines is 1. The minimum atomic E-state index is -4.44. The van der Waals surface area contributed by atoms with Crippen LogP contribution in [0, 0.1) is 11.3 Å². The van der Waals surface area contributed by atoms with Gasteiger partial charge in [-0.25, -0.2) is 0 Å². The monoisotopic (exact) mass is 305 g/mol. The average Bonchev–Trinajstić information content (AvgIpc) is 3.11. The van der Waals surface area contributed by atoms with Gasteiger partial charge in [-0.05, 0) is 30.2 Å². The Kier molecular flexibility index (Phi) is 3.17. The lowest BCUT2D eigenvalue weighted by Gasteiger charge is -2.17. The summed E-state index contributed by atoms with van der Waals surface area (Å²) in [6, 6.07) is 7.08. The van der Waals surface area contributed by atoms with E-state index < -0.39 is 17.6 Å². The number of benzene rings is 1. The standard InChI is InChI=1S/C15H10F3N3O/c16-15(17,18)12-2-1-3-13-11(12)4-5-21(13)14(22)9-6-10(7-19)20-8-9/h1-3,6,8,20H,4-5H2. The zero-order valence-electron chi connectivity index (χ0n) is 11.2. The Labute approximate surface area is 123 Å². The maximum atomic E-state index is 13.0. The number of nitriles is 1. The number of carbonyl (C=O) groups is 1. The largest absolute Gasteiger partial charge is 0.416 e. The van der Waals surface area contributed by atoms with Crippen LogP contribution < -0.4 is 4.90 Å². The number of nitrogens with one attached hydrogen (secondary N) is 1. The molecular weight excluding hydrogens is 295 g/mol. The first-order chi connectivity index (χ1) is 10.4. The smallest absolute Gasteiger partial charge is 0.352 e. The van der Waals surface area contributed by atoms with E-state index in [9.17, 15) is 18.0 Å². The van der Waals surface area contributed by atoms with Crippen molar-refractivity contribution in [3.05, 3.63) is 52.8 Å². The zero-order chi connectivity index (χ0) is 15.9. The molecule has 3 rings (SSSR count). The fourth-order valence-electron chi connectivity index (χ4n) is 2.65. The maximum absolute atomic E-state index is 13.0. The highest BCUT2D eigenvalue weighted by molar-refractivity contribution is 6.07. The third-order valence-corrected chi connectivity index (χ3v) is 3.63. The topological polar surface area (TPSA) is 59.9 Å². The molecule has 0 fully saturated rings. The molecule has 2 heterocycles. The first-order valence-corrected chi connectivity index (χ1v) is 6.51. The number of alkyl halides is 3. The van der Waals surface area contributed by atoms with Crippen LogP contribution in [0.5, 0.6) is 0 Å². The Bertz CT molecular complexity index is 786. The summed E-state index contributed by atoms with van der Waals surface area (Å²) in [5.74, 6) is -0.421. The second-order valence-electron chi connectivity index (χ2n) is 4.92. The molecule has 1 aromatic heterocycles. The van der Waals surface area contributed by atoms with Crippen LogP contribution in [-0.4, -0.2) is 17.4 Å². The van der Waals surface area contributed by atoms with Gasteiger partial charge in [0.1, 0.15) is 11.8 Å². The summed E-state index contributed by atoms with van der Waals surface area (Å²) >= 11 is 0. The number of H-pyrrole nitrogens is 1. The number of carbonyl (C=O) groups excluding carboxylic acids is 1. The number of anilines is 1. The van der Waals surface area contributed by atoms with Crippen LogP contribution in [-0.2, 0) is 12.6 Å². The average molecular weight is 305 g/mol. The molecular formula is C15H10F3N3O. The van der Waals surface area contributed by atoms with E-state index in [1.54, 1.807) is 0 Å². The fourth-order valence-corrected chi connectivity index (χ4v) is 2.65. The molecule has 0 aliphatic carbocycles. The minimum Gasteiger partial charge on any atom is -0.352 e. The summed E-state index contributed by atoms with van der Waals surface area (Å²) in [5.41, 5.74) is 0.194. The zero-order valence-corrected chi connectivity index (χ0v) is 11.2. The van der Waals surface area contributed by atoms with Crippen LogP contribution in [0.4, 0.5) is 18.9 Å². The van der Waals surface area contributed by atoms with Crippen LogP contribution in [0.2, 0.25) is 0 Å². The molecule has 4 nitrogen and oxygen atoms in total. The molecule has 0 unspecified atom stereocenters. The molecule has 0 spiro atoms. The van der Waals surface area contributed by atoms with Gasteiger partial charge in [0.2, 0.25) is 0 Å². The van der Waals surface area contributed by atoms with Crippen LogP contribution in [0.15, 0.2) is 30.5 Å². The van der Waals surface area contributed by atoms with Crippen molar-refractivity contribution in [3.8, 4) is 6.07 Å².